The first-order valence-corrected chi connectivity index (χ1v) is 5.73. The van der Waals surface area contributed by atoms with Gasteiger partial charge in [0.15, 0.2) is 6.30 Å². The van der Waals surface area contributed by atoms with E-state index in [1.807, 2.05) is 0 Å². The molecule has 0 aromatic rings. The number of likely N-dealkylation sites (tertiary alicyclic amines) is 1. The summed E-state index contributed by atoms with van der Waals surface area (Å²) in [6.07, 6.45) is -1.73. The SMILES string of the molecule is CC(C)(C)OC(=O)N1CC2CNCC2C1F. The molecule has 0 aliphatic carbocycles. The van der Waals surface area contributed by atoms with Crippen molar-refractivity contribution in [3.63, 3.8) is 0 Å². The molecular weight excluding hydrogens is 211 g/mol. The Balaban J connectivity index is 1.99. The van der Waals surface area contributed by atoms with Gasteiger partial charge in [-0.2, -0.15) is 0 Å². The van der Waals surface area contributed by atoms with Crippen LogP contribution in [0.25, 0.3) is 0 Å². The molecule has 2 aliphatic heterocycles. The van der Waals surface area contributed by atoms with Gasteiger partial charge in [0.2, 0.25) is 0 Å². The Morgan fingerprint density at radius 1 is 1.44 bits per heavy atom. The average Bonchev–Trinajstić information content (AvgIpc) is 2.66. The van der Waals surface area contributed by atoms with Crippen LogP contribution < -0.4 is 5.32 Å². The first kappa shape index (κ1) is 11.6. The molecule has 1 amide bonds. The minimum Gasteiger partial charge on any atom is -0.444 e. The molecule has 0 bridgehead atoms. The monoisotopic (exact) mass is 230 g/mol. The summed E-state index contributed by atoms with van der Waals surface area (Å²) in [4.78, 5) is 13.0. The summed E-state index contributed by atoms with van der Waals surface area (Å²) in [6.45, 7) is 7.28. The Morgan fingerprint density at radius 3 is 2.69 bits per heavy atom. The van der Waals surface area contributed by atoms with E-state index in [0.29, 0.717) is 13.1 Å². The van der Waals surface area contributed by atoms with E-state index in [4.69, 9.17) is 4.74 Å². The number of halogens is 1. The molecule has 2 saturated heterocycles. The molecule has 1 N–H and O–H groups in total. The molecule has 0 aromatic carbocycles. The van der Waals surface area contributed by atoms with Gasteiger partial charge in [-0.25, -0.2) is 9.18 Å². The van der Waals surface area contributed by atoms with Crippen molar-refractivity contribution in [2.45, 2.75) is 32.7 Å². The summed E-state index contributed by atoms with van der Waals surface area (Å²) in [5.41, 5.74) is -0.563. The quantitative estimate of drug-likeness (QED) is 0.639. The standard InChI is InChI=1S/C11H19FN2O2/c1-11(2,3)16-10(15)14-6-7-4-13-5-8(7)9(14)12/h7-9,13H,4-6H2,1-3H3. The number of ether oxygens (including phenoxy) is 1. The predicted octanol–water partition coefficient (Wildman–Crippen LogP) is 1.37. The summed E-state index contributed by atoms with van der Waals surface area (Å²) in [6, 6.07) is 0. The van der Waals surface area contributed by atoms with Gasteiger partial charge in [-0.3, -0.25) is 4.90 Å². The zero-order valence-electron chi connectivity index (χ0n) is 10.00. The number of carbonyl (C=O) groups is 1. The van der Waals surface area contributed by atoms with Crippen LogP contribution in [0.4, 0.5) is 9.18 Å². The van der Waals surface area contributed by atoms with Crippen LogP contribution in [-0.4, -0.2) is 42.5 Å². The van der Waals surface area contributed by atoms with E-state index >= 15 is 0 Å². The molecule has 0 radical (unpaired) electrons. The van der Waals surface area contributed by atoms with E-state index in [-0.39, 0.29) is 11.8 Å². The van der Waals surface area contributed by atoms with Crippen LogP contribution in [0.2, 0.25) is 0 Å². The molecule has 2 heterocycles. The highest BCUT2D eigenvalue weighted by Gasteiger charge is 2.47. The molecule has 3 atom stereocenters. The predicted molar refractivity (Wildman–Crippen MR) is 57.7 cm³/mol. The van der Waals surface area contributed by atoms with E-state index in [9.17, 15) is 9.18 Å². The van der Waals surface area contributed by atoms with Crippen molar-refractivity contribution in [2.75, 3.05) is 19.6 Å². The van der Waals surface area contributed by atoms with Crippen LogP contribution in [0.1, 0.15) is 20.8 Å². The first-order valence-electron chi connectivity index (χ1n) is 5.73. The van der Waals surface area contributed by atoms with Crippen LogP contribution >= 0.6 is 0 Å². The summed E-state index contributed by atoms with van der Waals surface area (Å²) >= 11 is 0. The number of carbonyl (C=O) groups excluding carboxylic acids is 1. The highest BCUT2D eigenvalue weighted by molar-refractivity contribution is 5.69. The molecule has 5 heteroatoms. The number of hydrogen-bond donors (Lipinski definition) is 1. The Bertz CT molecular complexity index is 290. The second kappa shape index (κ2) is 3.87. The number of nitrogens with zero attached hydrogens (tertiary/aromatic N) is 1. The van der Waals surface area contributed by atoms with E-state index < -0.39 is 18.0 Å². The van der Waals surface area contributed by atoms with E-state index in [1.165, 1.54) is 4.90 Å². The molecule has 2 rings (SSSR count). The Kier molecular flexibility index (Phi) is 2.82. The van der Waals surface area contributed by atoms with Crippen molar-refractivity contribution in [3.8, 4) is 0 Å². The van der Waals surface area contributed by atoms with E-state index in [1.54, 1.807) is 20.8 Å². The molecule has 0 saturated carbocycles. The lowest BCUT2D eigenvalue weighted by molar-refractivity contribution is 0.00310. The second-order valence-electron chi connectivity index (χ2n) is 5.59. The Hall–Kier alpha value is -0.840. The summed E-state index contributed by atoms with van der Waals surface area (Å²) in [5, 5.41) is 3.14. The molecule has 4 nitrogen and oxygen atoms in total. The molecule has 0 spiro atoms. The Morgan fingerprint density at radius 2 is 2.12 bits per heavy atom. The third-order valence-corrected chi connectivity index (χ3v) is 3.10. The second-order valence-corrected chi connectivity index (χ2v) is 5.59. The molecule has 16 heavy (non-hydrogen) atoms. The van der Waals surface area contributed by atoms with Crippen LogP contribution in [0.3, 0.4) is 0 Å². The molecular formula is C11H19FN2O2. The van der Waals surface area contributed by atoms with Crippen molar-refractivity contribution in [1.29, 1.82) is 0 Å². The zero-order valence-corrected chi connectivity index (χ0v) is 10.00. The Labute approximate surface area is 95.1 Å². The fourth-order valence-corrected chi connectivity index (χ4v) is 2.36. The molecule has 92 valence electrons. The summed E-state index contributed by atoms with van der Waals surface area (Å²) < 4.78 is 19.1. The topological polar surface area (TPSA) is 41.6 Å². The van der Waals surface area contributed by atoms with Gasteiger partial charge in [-0.15, -0.1) is 0 Å². The van der Waals surface area contributed by atoms with Gasteiger partial charge in [0.05, 0.1) is 0 Å². The van der Waals surface area contributed by atoms with Crippen molar-refractivity contribution in [3.05, 3.63) is 0 Å². The van der Waals surface area contributed by atoms with Gasteiger partial charge >= 0.3 is 6.09 Å². The molecule has 2 fully saturated rings. The minimum atomic E-state index is -1.20. The number of alkyl halides is 1. The minimum absolute atomic E-state index is 0.0625. The molecule has 0 aromatic heterocycles. The maximum Gasteiger partial charge on any atom is 0.412 e. The number of hydrogen-bond acceptors (Lipinski definition) is 3. The normalized spacial score (nSPS) is 34.0. The van der Waals surface area contributed by atoms with E-state index in [2.05, 4.69) is 5.32 Å². The fourth-order valence-electron chi connectivity index (χ4n) is 2.36. The summed E-state index contributed by atoms with van der Waals surface area (Å²) in [7, 11) is 0. The summed E-state index contributed by atoms with van der Waals surface area (Å²) in [5.74, 6) is 0.176. The van der Waals surface area contributed by atoms with Gasteiger partial charge in [-0.05, 0) is 26.7 Å². The first-order chi connectivity index (χ1) is 7.38. The lowest BCUT2D eigenvalue weighted by atomic mass is 10.0. The lowest BCUT2D eigenvalue weighted by Crippen LogP contribution is -2.40. The van der Waals surface area contributed by atoms with Gasteiger partial charge in [0, 0.05) is 25.6 Å². The third kappa shape index (κ3) is 2.14. The van der Waals surface area contributed by atoms with Crippen LogP contribution in [-0.2, 0) is 4.74 Å². The maximum absolute atomic E-state index is 14.0. The third-order valence-electron chi connectivity index (χ3n) is 3.10. The van der Waals surface area contributed by atoms with Crippen LogP contribution in [0, 0.1) is 11.8 Å². The largest absolute Gasteiger partial charge is 0.444 e. The highest BCUT2D eigenvalue weighted by Crippen LogP contribution is 2.34. The molecule has 2 aliphatic rings. The van der Waals surface area contributed by atoms with Crippen molar-refractivity contribution >= 4 is 6.09 Å². The fraction of sp³-hybridized carbons (Fsp3) is 0.909. The van der Waals surface area contributed by atoms with Gasteiger partial charge < -0.3 is 10.1 Å². The van der Waals surface area contributed by atoms with Crippen LogP contribution in [0.15, 0.2) is 0 Å². The smallest absolute Gasteiger partial charge is 0.412 e. The number of nitrogens with one attached hydrogen (secondary N) is 1. The number of rotatable bonds is 0. The van der Waals surface area contributed by atoms with Crippen molar-refractivity contribution in [2.24, 2.45) is 11.8 Å². The molecule has 3 unspecified atom stereocenters. The zero-order chi connectivity index (χ0) is 11.9. The number of amides is 1. The van der Waals surface area contributed by atoms with Gasteiger partial charge in [0.25, 0.3) is 0 Å². The maximum atomic E-state index is 14.0. The average molecular weight is 230 g/mol. The van der Waals surface area contributed by atoms with Gasteiger partial charge in [0.1, 0.15) is 5.60 Å². The lowest BCUT2D eigenvalue weighted by Gasteiger charge is -2.26. The van der Waals surface area contributed by atoms with Crippen molar-refractivity contribution in [1.82, 2.24) is 10.2 Å². The van der Waals surface area contributed by atoms with E-state index in [0.717, 1.165) is 6.54 Å². The van der Waals surface area contributed by atoms with Crippen LogP contribution in [0.5, 0.6) is 0 Å². The van der Waals surface area contributed by atoms with Crippen molar-refractivity contribution < 1.29 is 13.9 Å². The number of fused-ring (bicyclic) bond motifs is 1. The van der Waals surface area contributed by atoms with Gasteiger partial charge in [-0.1, -0.05) is 0 Å². The highest BCUT2D eigenvalue weighted by atomic mass is 19.1.